The van der Waals surface area contributed by atoms with Crippen molar-refractivity contribution in [1.82, 2.24) is 10.1 Å². The highest BCUT2D eigenvalue weighted by Crippen LogP contribution is 2.32. The van der Waals surface area contributed by atoms with Crippen molar-refractivity contribution in [3.63, 3.8) is 0 Å². The second-order valence-corrected chi connectivity index (χ2v) is 6.23. The lowest BCUT2D eigenvalue weighted by molar-refractivity contribution is -0.917. The molecule has 0 aliphatic carbocycles. The lowest BCUT2D eigenvalue weighted by Crippen LogP contribution is -3.13. The number of fused-ring (bicyclic) bond motifs is 1. The molecule has 0 saturated carbocycles. The monoisotopic (exact) mass is 330 g/mol. The van der Waals surface area contributed by atoms with Crippen molar-refractivity contribution in [3.8, 4) is 11.5 Å². The van der Waals surface area contributed by atoms with E-state index in [1.807, 2.05) is 17.0 Å². The maximum atomic E-state index is 12.4. The van der Waals surface area contributed by atoms with Crippen LogP contribution in [0.15, 0.2) is 28.8 Å². The Labute approximate surface area is 139 Å². The third kappa shape index (κ3) is 2.94. The number of rotatable bonds is 3. The Morgan fingerprint density at radius 2 is 2.00 bits per heavy atom. The van der Waals surface area contributed by atoms with Gasteiger partial charge in [-0.2, -0.15) is 0 Å². The van der Waals surface area contributed by atoms with Crippen LogP contribution in [0.3, 0.4) is 0 Å². The number of piperazine rings is 1. The largest absolute Gasteiger partial charge is 0.454 e. The summed E-state index contributed by atoms with van der Waals surface area (Å²) in [6.45, 7) is 6.29. The van der Waals surface area contributed by atoms with E-state index in [1.165, 1.54) is 10.5 Å². The highest BCUT2D eigenvalue weighted by molar-refractivity contribution is 5.92. The second kappa shape index (κ2) is 6.16. The third-order valence-electron chi connectivity index (χ3n) is 4.50. The summed E-state index contributed by atoms with van der Waals surface area (Å²) >= 11 is 0. The Morgan fingerprint density at radius 1 is 1.21 bits per heavy atom. The number of ether oxygens (including phenoxy) is 2. The predicted octanol–water partition coefficient (Wildman–Crippen LogP) is 0.253. The molecule has 1 fully saturated rings. The number of amides is 1. The number of carbonyl (C=O) groups is 1. The van der Waals surface area contributed by atoms with Crippen LogP contribution in [0, 0.1) is 6.92 Å². The summed E-state index contributed by atoms with van der Waals surface area (Å²) in [4.78, 5) is 15.7. The minimum Gasteiger partial charge on any atom is -0.454 e. The van der Waals surface area contributed by atoms with Gasteiger partial charge < -0.3 is 23.8 Å². The molecule has 2 aliphatic rings. The van der Waals surface area contributed by atoms with Gasteiger partial charge in [-0.25, -0.2) is 0 Å². The van der Waals surface area contributed by atoms with Crippen LogP contribution >= 0.6 is 0 Å². The van der Waals surface area contributed by atoms with E-state index in [0.717, 1.165) is 44.2 Å². The SMILES string of the molecule is Cc1cc(C(=O)N2CC[NH+](Cc3ccc4c(c3)OCO4)CC2)no1. The molecule has 1 saturated heterocycles. The van der Waals surface area contributed by atoms with Crippen LogP contribution in [-0.4, -0.2) is 48.9 Å². The van der Waals surface area contributed by atoms with Crippen molar-refractivity contribution >= 4 is 5.91 Å². The van der Waals surface area contributed by atoms with Gasteiger partial charge in [-0.15, -0.1) is 0 Å². The molecule has 1 aromatic heterocycles. The summed E-state index contributed by atoms with van der Waals surface area (Å²) in [7, 11) is 0. The topological polar surface area (TPSA) is 69.2 Å². The number of carbonyl (C=O) groups excluding carboxylic acids is 1. The molecular weight excluding hydrogens is 310 g/mol. The lowest BCUT2D eigenvalue weighted by atomic mass is 10.1. The first-order chi connectivity index (χ1) is 11.7. The molecule has 7 nitrogen and oxygen atoms in total. The number of aromatic nitrogens is 1. The van der Waals surface area contributed by atoms with Gasteiger partial charge in [-0.1, -0.05) is 5.16 Å². The first-order valence-corrected chi connectivity index (χ1v) is 8.14. The van der Waals surface area contributed by atoms with E-state index in [9.17, 15) is 4.79 Å². The zero-order valence-electron chi connectivity index (χ0n) is 13.6. The van der Waals surface area contributed by atoms with Crippen molar-refractivity contribution in [1.29, 1.82) is 0 Å². The van der Waals surface area contributed by atoms with Crippen LogP contribution in [0.2, 0.25) is 0 Å². The molecule has 0 spiro atoms. The molecule has 4 rings (SSSR count). The van der Waals surface area contributed by atoms with Crippen LogP contribution in [0.4, 0.5) is 0 Å². The van der Waals surface area contributed by atoms with Gasteiger partial charge in [0.2, 0.25) is 6.79 Å². The van der Waals surface area contributed by atoms with E-state index in [2.05, 4.69) is 11.2 Å². The highest BCUT2D eigenvalue weighted by Gasteiger charge is 2.26. The fourth-order valence-corrected chi connectivity index (χ4v) is 3.17. The van der Waals surface area contributed by atoms with Gasteiger partial charge in [-0.05, 0) is 25.1 Å². The number of aryl methyl sites for hydroxylation is 1. The molecule has 1 N–H and O–H groups in total. The number of nitrogens with one attached hydrogen (secondary N) is 1. The second-order valence-electron chi connectivity index (χ2n) is 6.23. The molecule has 2 aromatic rings. The van der Waals surface area contributed by atoms with Gasteiger partial charge in [0.1, 0.15) is 12.3 Å². The fourth-order valence-electron chi connectivity index (χ4n) is 3.17. The summed E-state index contributed by atoms with van der Waals surface area (Å²) < 4.78 is 15.8. The average Bonchev–Trinajstić information content (AvgIpc) is 3.23. The normalized spacial score (nSPS) is 17.3. The Morgan fingerprint density at radius 3 is 2.75 bits per heavy atom. The molecule has 0 atom stereocenters. The summed E-state index contributed by atoms with van der Waals surface area (Å²) in [5, 5.41) is 3.81. The summed E-state index contributed by atoms with van der Waals surface area (Å²) in [6, 6.07) is 7.78. The number of benzene rings is 1. The molecular formula is C17H20N3O4+. The van der Waals surface area contributed by atoms with Gasteiger partial charge in [0.25, 0.3) is 5.91 Å². The lowest BCUT2D eigenvalue weighted by Gasteiger charge is -2.31. The number of hydrogen-bond donors (Lipinski definition) is 1. The zero-order chi connectivity index (χ0) is 16.5. The fraction of sp³-hybridized carbons (Fsp3) is 0.412. The van der Waals surface area contributed by atoms with Crippen molar-refractivity contribution in [2.75, 3.05) is 33.0 Å². The number of hydrogen-bond acceptors (Lipinski definition) is 5. The minimum atomic E-state index is -0.0472. The molecule has 126 valence electrons. The van der Waals surface area contributed by atoms with E-state index in [4.69, 9.17) is 14.0 Å². The molecule has 0 unspecified atom stereocenters. The molecule has 1 amide bonds. The Balaban J connectivity index is 1.34. The Hall–Kier alpha value is -2.54. The maximum Gasteiger partial charge on any atom is 0.276 e. The van der Waals surface area contributed by atoms with Crippen molar-refractivity contribution in [2.45, 2.75) is 13.5 Å². The van der Waals surface area contributed by atoms with Gasteiger partial charge in [0, 0.05) is 11.6 Å². The minimum absolute atomic E-state index is 0.0472. The molecule has 1 aromatic carbocycles. The first-order valence-electron chi connectivity index (χ1n) is 8.14. The maximum absolute atomic E-state index is 12.4. The zero-order valence-corrected chi connectivity index (χ0v) is 13.6. The van der Waals surface area contributed by atoms with Gasteiger partial charge >= 0.3 is 0 Å². The first kappa shape index (κ1) is 15.0. The van der Waals surface area contributed by atoms with E-state index in [1.54, 1.807) is 13.0 Å². The van der Waals surface area contributed by atoms with Gasteiger partial charge in [0.05, 0.1) is 26.2 Å². The van der Waals surface area contributed by atoms with E-state index < -0.39 is 0 Å². The predicted molar refractivity (Wildman–Crippen MR) is 84.1 cm³/mol. The van der Waals surface area contributed by atoms with Crippen LogP contribution in [0.5, 0.6) is 11.5 Å². The highest BCUT2D eigenvalue weighted by atomic mass is 16.7. The van der Waals surface area contributed by atoms with Crippen LogP contribution in [0.1, 0.15) is 21.8 Å². The van der Waals surface area contributed by atoms with Crippen LogP contribution in [0.25, 0.3) is 0 Å². The summed E-state index contributed by atoms with van der Waals surface area (Å²) in [5.41, 5.74) is 1.62. The third-order valence-corrected chi connectivity index (χ3v) is 4.50. The molecule has 7 heteroatoms. The van der Waals surface area contributed by atoms with Crippen molar-refractivity contribution in [2.24, 2.45) is 0 Å². The molecule has 0 bridgehead atoms. The molecule has 3 heterocycles. The smallest absolute Gasteiger partial charge is 0.276 e. The van der Waals surface area contributed by atoms with Crippen molar-refractivity contribution in [3.05, 3.63) is 41.3 Å². The Bertz CT molecular complexity index is 750. The Kier molecular flexibility index (Phi) is 3.86. The molecule has 24 heavy (non-hydrogen) atoms. The van der Waals surface area contributed by atoms with Crippen LogP contribution in [-0.2, 0) is 6.54 Å². The number of quaternary nitrogens is 1. The average molecular weight is 330 g/mol. The quantitative estimate of drug-likeness (QED) is 0.874. The van der Waals surface area contributed by atoms with Crippen molar-refractivity contribution < 1.29 is 23.7 Å². The van der Waals surface area contributed by atoms with Gasteiger partial charge in [-0.3, -0.25) is 4.79 Å². The number of nitrogens with zero attached hydrogens (tertiary/aromatic N) is 2. The molecule has 0 radical (unpaired) electrons. The van der Waals surface area contributed by atoms with Crippen LogP contribution < -0.4 is 14.4 Å². The van der Waals surface area contributed by atoms with Gasteiger partial charge in [0.15, 0.2) is 17.2 Å². The van der Waals surface area contributed by atoms with E-state index in [-0.39, 0.29) is 5.91 Å². The summed E-state index contributed by atoms with van der Waals surface area (Å²) in [5.74, 6) is 2.24. The standard InChI is InChI=1S/C17H19N3O4/c1-12-8-14(18-24-12)17(21)20-6-4-19(5-7-20)10-13-2-3-15-16(9-13)23-11-22-15/h2-3,8-9H,4-7,10-11H2,1H3/p+1. The van der Waals surface area contributed by atoms with E-state index in [0.29, 0.717) is 18.2 Å². The molecule has 2 aliphatic heterocycles. The van der Waals surface area contributed by atoms with E-state index >= 15 is 0 Å². The summed E-state index contributed by atoms with van der Waals surface area (Å²) in [6.07, 6.45) is 0.